The second kappa shape index (κ2) is 5.45. The number of ether oxygens (including phenoxy) is 1. The van der Waals surface area contributed by atoms with Crippen molar-refractivity contribution in [3.05, 3.63) is 65.7 Å². The minimum absolute atomic E-state index is 0.116. The number of nitrogens with zero attached hydrogens (tertiary/aromatic N) is 1. The summed E-state index contributed by atoms with van der Waals surface area (Å²) in [5.74, 6) is 1.02. The summed E-state index contributed by atoms with van der Waals surface area (Å²) in [5.41, 5.74) is 2.53. The van der Waals surface area contributed by atoms with E-state index in [0.29, 0.717) is 0 Å². The van der Waals surface area contributed by atoms with Gasteiger partial charge in [-0.1, -0.05) is 55.5 Å². The lowest BCUT2D eigenvalue weighted by atomic mass is 10.1. The molecule has 1 heterocycles. The molecule has 0 spiro atoms. The summed E-state index contributed by atoms with van der Waals surface area (Å²) in [6.07, 6.45) is 0.116. The van der Waals surface area contributed by atoms with Gasteiger partial charge in [-0.05, 0) is 18.2 Å². The molecule has 3 rings (SSSR count). The number of likely N-dealkylation sites (N-methyl/N-ethyl adjacent to an activating group) is 1. The highest BCUT2D eigenvalue weighted by molar-refractivity contribution is 5.35. The fourth-order valence-corrected chi connectivity index (χ4v) is 2.56. The second-order valence-corrected chi connectivity index (χ2v) is 4.95. The van der Waals surface area contributed by atoms with E-state index in [1.807, 2.05) is 12.1 Å². The van der Waals surface area contributed by atoms with Gasteiger partial charge in [-0.15, -0.1) is 0 Å². The summed E-state index contributed by atoms with van der Waals surface area (Å²) in [5, 5.41) is 0. The highest BCUT2D eigenvalue weighted by atomic mass is 16.5. The maximum atomic E-state index is 6.23. The zero-order valence-electron chi connectivity index (χ0n) is 11.3. The maximum absolute atomic E-state index is 6.23. The molecule has 1 aliphatic heterocycles. The van der Waals surface area contributed by atoms with Crippen LogP contribution in [-0.2, 0) is 6.54 Å². The van der Waals surface area contributed by atoms with Gasteiger partial charge in [0.2, 0.25) is 0 Å². The lowest BCUT2D eigenvalue weighted by Crippen LogP contribution is -2.27. The van der Waals surface area contributed by atoms with E-state index in [2.05, 4.69) is 54.3 Å². The van der Waals surface area contributed by atoms with Crippen LogP contribution in [0.5, 0.6) is 5.75 Å². The molecule has 0 saturated carbocycles. The van der Waals surface area contributed by atoms with Gasteiger partial charge in [0.1, 0.15) is 11.9 Å². The minimum atomic E-state index is 0.116. The number of rotatable bonds is 2. The zero-order chi connectivity index (χ0) is 13.1. The fraction of sp³-hybridized carbons (Fsp3) is 0.294. The standard InChI is InChI=1S/C17H19NO/c1-2-18-12-15-10-6-7-11-16(15)19-17(13-18)14-8-4-3-5-9-14/h3-11,17H,2,12-13H2,1H3. The third kappa shape index (κ3) is 2.64. The van der Waals surface area contributed by atoms with Crippen LogP contribution in [0.2, 0.25) is 0 Å². The predicted octanol–water partition coefficient (Wildman–Crippen LogP) is 3.64. The van der Waals surface area contributed by atoms with Crippen molar-refractivity contribution in [3.63, 3.8) is 0 Å². The van der Waals surface area contributed by atoms with Crippen LogP contribution < -0.4 is 4.74 Å². The molecule has 0 N–H and O–H groups in total. The quantitative estimate of drug-likeness (QED) is 0.810. The van der Waals surface area contributed by atoms with Crippen molar-refractivity contribution in [2.24, 2.45) is 0 Å². The molecular weight excluding hydrogens is 234 g/mol. The molecule has 1 atom stereocenters. The normalized spacial score (nSPS) is 19.3. The molecule has 0 bridgehead atoms. The van der Waals surface area contributed by atoms with Crippen molar-refractivity contribution >= 4 is 0 Å². The Bertz CT molecular complexity index is 538. The molecule has 2 heteroatoms. The average Bonchev–Trinajstić information content (AvgIpc) is 2.67. The van der Waals surface area contributed by atoms with Crippen LogP contribution in [0, 0.1) is 0 Å². The first-order valence-corrected chi connectivity index (χ1v) is 6.88. The summed E-state index contributed by atoms with van der Waals surface area (Å²) in [6, 6.07) is 18.8. The Morgan fingerprint density at radius 2 is 1.79 bits per heavy atom. The van der Waals surface area contributed by atoms with E-state index in [1.54, 1.807) is 0 Å². The molecule has 2 aromatic carbocycles. The lowest BCUT2D eigenvalue weighted by Gasteiger charge is -2.22. The van der Waals surface area contributed by atoms with Gasteiger partial charge in [0.25, 0.3) is 0 Å². The van der Waals surface area contributed by atoms with Gasteiger partial charge < -0.3 is 4.74 Å². The number of hydrogen-bond donors (Lipinski definition) is 0. The topological polar surface area (TPSA) is 12.5 Å². The van der Waals surface area contributed by atoms with Gasteiger partial charge in [0, 0.05) is 18.7 Å². The lowest BCUT2D eigenvalue weighted by molar-refractivity contribution is 0.152. The molecule has 2 nitrogen and oxygen atoms in total. The number of benzene rings is 2. The van der Waals surface area contributed by atoms with E-state index >= 15 is 0 Å². The average molecular weight is 253 g/mol. The van der Waals surface area contributed by atoms with Crippen LogP contribution in [0.4, 0.5) is 0 Å². The maximum Gasteiger partial charge on any atom is 0.136 e. The largest absolute Gasteiger partial charge is 0.484 e. The van der Waals surface area contributed by atoms with Gasteiger partial charge in [-0.25, -0.2) is 0 Å². The van der Waals surface area contributed by atoms with Crippen molar-refractivity contribution in [2.45, 2.75) is 19.6 Å². The molecule has 0 radical (unpaired) electrons. The third-order valence-electron chi connectivity index (χ3n) is 3.68. The van der Waals surface area contributed by atoms with Crippen LogP contribution in [0.1, 0.15) is 24.2 Å². The summed E-state index contributed by atoms with van der Waals surface area (Å²) in [7, 11) is 0. The smallest absolute Gasteiger partial charge is 0.136 e. The van der Waals surface area contributed by atoms with Gasteiger partial charge in [-0.3, -0.25) is 4.90 Å². The van der Waals surface area contributed by atoms with Gasteiger partial charge in [0.05, 0.1) is 0 Å². The first-order chi connectivity index (χ1) is 9.36. The first-order valence-electron chi connectivity index (χ1n) is 6.88. The Kier molecular flexibility index (Phi) is 3.51. The molecule has 1 unspecified atom stereocenters. The fourth-order valence-electron chi connectivity index (χ4n) is 2.56. The molecule has 1 aliphatic rings. The van der Waals surface area contributed by atoms with Crippen LogP contribution in [-0.4, -0.2) is 18.0 Å². The van der Waals surface area contributed by atoms with E-state index in [-0.39, 0.29) is 6.10 Å². The summed E-state index contributed by atoms with van der Waals surface area (Å²) >= 11 is 0. The van der Waals surface area contributed by atoms with Gasteiger partial charge in [-0.2, -0.15) is 0 Å². The highest BCUT2D eigenvalue weighted by Crippen LogP contribution is 2.30. The Balaban J connectivity index is 1.95. The van der Waals surface area contributed by atoms with Crippen LogP contribution >= 0.6 is 0 Å². The van der Waals surface area contributed by atoms with E-state index in [9.17, 15) is 0 Å². The minimum Gasteiger partial charge on any atom is -0.484 e. The van der Waals surface area contributed by atoms with E-state index in [0.717, 1.165) is 25.4 Å². The van der Waals surface area contributed by atoms with Crippen molar-refractivity contribution in [1.82, 2.24) is 4.90 Å². The van der Waals surface area contributed by atoms with E-state index in [1.165, 1.54) is 11.1 Å². The van der Waals surface area contributed by atoms with E-state index < -0.39 is 0 Å². The summed E-state index contributed by atoms with van der Waals surface area (Å²) < 4.78 is 6.23. The molecule has 0 aromatic heterocycles. The Morgan fingerprint density at radius 3 is 2.58 bits per heavy atom. The summed E-state index contributed by atoms with van der Waals surface area (Å²) in [4.78, 5) is 2.43. The molecule has 0 aliphatic carbocycles. The van der Waals surface area contributed by atoms with Crippen molar-refractivity contribution in [1.29, 1.82) is 0 Å². The van der Waals surface area contributed by atoms with Gasteiger partial charge >= 0.3 is 0 Å². The summed E-state index contributed by atoms with van der Waals surface area (Å²) in [6.45, 7) is 5.15. The number of para-hydroxylation sites is 1. The van der Waals surface area contributed by atoms with Crippen molar-refractivity contribution in [2.75, 3.05) is 13.1 Å². The highest BCUT2D eigenvalue weighted by Gasteiger charge is 2.22. The Labute approximate surface area is 114 Å². The molecule has 19 heavy (non-hydrogen) atoms. The van der Waals surface area contributed by atoms with Crippen LogP contribution in [0.15, 0.2) is 54.6 Å². The first kappa shape index (κ1) is 12.2. The van der Waals surface area contributed by atoms with Crippen LogP contribution in [0.3, 0.4) is 0 Å². The zero-order valence-corrected chi connectivity index (χ0v) is 11.3. The van der Waals surface area contributed by atoms with Crippen molar-refractivity contribution < 1.29 is 4.74 Å². The molecule has 0 fully saturated rings. The predicted molar refractivity (Wildman–Crippen MR) is 77.2 cm³/mol. The second-order valence-electron chi connectivity index (χ2n) is 4.95. The molecule has 0 saturated heterocycles. The van der Waals surface area contributed by atoms with Crippen molar-refractivity contribution in [3.8, 4) is 5.75 Å². The monoisotopic (exact) mass is 253 g/mol. The molecule has 2 aromatic rings. The molecule has 98 valence electrons. The van der Waals surface area contributed by atoms with Crippen LogP contribution in [0.25, 0.3) is 0 Å². The Morgan fingerprint density at radius 1 is 1.05 bits per heavy atom. The third-order valence-corrected chi connectivity index (χ3v) is 3.68. The Hall–Kier alpha value is -1.80. The SMILES string of the molecule is CCN1Cc2ccccc2OC(c2ccccc2)C1. The molecule has 0 amide bonds. The van der Waals surface area contributed by atoms with E-state index in [4.69, 9.17) is 4.74 Å². The number of fused-ring (bicyclic) bond motifs is 1. The van der Waals surface area contributed by atoms with Gasteiger partial charge in [0.15, 0.2) is 0 Å². The molecular formula is C17H19NO. The number of hydrogen-bond acceptors (Lipinski definition) is 2.